The van der Waals surface area contributed by atoms with Crippen LogP contribution in [0.3, 0.4) is 0 Å². The van der Waals surface area contributed by atoms with Gasteiger partial charge in [0, 0.05) is 6.54 Å². The fourth-order valence-electron chi connectivity index (χ4n) is 1.52. The van der Waals surface area contributed by atoms with Crippen LogP contribution < -0.4 is 15.4 Å². The molecule has 0 radical (unpaired) electrons. The molecule has 3 amide bonds. The zero-order valence-corrected chi connectivity index (χ0v) is 14.5. The van der Waals surface area contributed by atoms with Crippen LogP contribution in [0.5, 0.6) is 0 Å². The Morgan fingerprint density at radius 1 is 1.25 bits per heavy atom. The zero-order chi connectivity index (χ0) is 18.3. The van der Waals surface area contributed by atoms with Gasteiger partial charge in [-0.3, -0.25) is 10.1 Å². The Balaban J connectivity index is 2.80. The van der Waals surface area contributed by atoms with E-state index in [1.807, 2.05) is 5.32 Å². The predicted octanol–water partition coefficient (Wildman–Crippen LogP) is 0.251. The van der Waals surface area contributed by atoms with E-state index in [0.29, 0.717) is 6.54 Å². The van der Waals surface area contributed by atoms with Crippen LogP contribution in [0.1, 0.15) is 17.3 Å². The van der Waals surface area contributed by atoms with Gasteiger partial charge in [-0.1, -0.05) is 11.6 Å². The number of halogens is 1. The summed E-state index contributed by atoms with van der Waals surface area (Å²) >= 11 is 5.84. The van der Waals surface area contributed by atoms with Gasteiger partial charge in [-0.05, 0) is 32.2 Å². The second-order valence-electron chi connectivity index (χ2n) is 4.33. The van der Waals surface area contributed by atoms with Crippen LogP contribution in [0, 0.1) is 0 Å². The minimum atomic E-state index is -3.77. The SMILES string of the molecule is CCNC(=O)NC(=O)COC(=O)c1cc(S(=O)(=O)NC)ccc1Cl. The van der Waals surface area contributed by atoms with Crippen molar-refractivity contribution in [3.63, 3.8) is 0 Å². The fourth-order valence-corrected chi connectivity index (χ4v) is 2.47. The van der Waals surface area contributed by atoms with Gasteiger partial charge in [-0.25, -0.2) is 22.7 Å². The van der Waals surface area contributed by atoms with Crippen LogP contribution in [0.4, 0.5) is 4.79 Å². The molecule has 0 aliphatic heterocycles. The van der Waals surface area contributed by atoms with E-state index < -0.39 is 34.5 Å². The Morgan fingerprint density at radius 3 is 2.50 bits per heavy atom. The summed E-state index contributed by atoms with van der Waals surface area (Å²) in [5.41, 5.74) is -0.223. The molecule has 0 aliphatic rings. The zero-order valence-electron chi connectivity index (χ0n) is 12.9. The topological polar surface area (TPSA) is 131 Å². The molecular weight excluding hydrogens is 362 g/mol. The number of urea groups is 1. The number of sulfonamides is 1. The van der Waals surface area contributed by atoms with Crippen molar-refractivity contribution in [1.29, 1.82) is 0 Å². The number of imide groups is 1. The lowest BCUT2D eigenvalue weighted by atomic mass is 10.2. The van der Waals surface area contributed by atoms with Crippen molar-refractivity contribution in [2.75, 3.05) is 20.2 Å². The van der Waals surface area contributed by atoms with Crippen LogP contribution in [0.2, 0.25) is 5.02 Å². The number of rotatable bonds is 6. The predicted molar refractivity (Wildman–Crippen MR) is 85.2 cm³/mol. The number of hydrogen-bond donors (Lipinski definition) is 3. The van der Waals surface area contributed by atoms with Crippen LogP contribution >= 0.6 is 11.6 Å². The molecular formula is C13H16ClN3O6S. The van der Waals surface area contributed by atoms with Gasteiger partial charge < -0.3 is 10.1 Å². The number of benzene rings is 1. The Hall–Kier alpha value is -2.17. The molecule has 11 heteroatoms. The molecule has 0 aliphatic carbocycles. The molecule has 1 rings (SSSR count). The van der Waals surface area contributed by atoms with E-state index in [0.717, 1.165) is 6.07 Å². The smallest absolute Gasteiger partial charge is 0.340 e. The lowest BCUT2D eigenvalue weighted by molar-refractivity contribution is -0.123. The van der Waals surface area contributed by atoms with Crippen molar-refractivity contribution in [3.8, 4) is 0 Å². The third-order valence-corrected chi connectivity index (χ3v) is 4.40. The standard InChI is InChI=1S/C13H16ClN3O6S/c1-3-16-13(20)17-11(18)7-23-12(19)9-6-8(4-5-10(9)14)24(21,22)15-2/h4-6,15H,3,7H2,1-2H3,(H2,16,17,18,20). The summed E-state index contributed by atoms with van der Waals surface area (Å²) in [7, 11) is -2.56. The highest BCUT2D eigenvalue weighted by Crippen LogP contribution is 2.21. The molecule has 0 unspecified atom stereocenters. The average Bonchev–Trinajstić information content (AvgIpc) is 2.53. The highest BCUT2D eigenvalue weighted by atomic mass is 35.5. The largest absolute Gasteiger partial charge is 0.452 e. The highest BCUT2D eigenvalue weighted by Gasteiger charge is 2.19. The van der Waals surface area contributed by atoms with E-state index >= 15 is 0 Å². The van der Waals surface area contributed by atoms with Crippen molar-refractivity contribution in [2.24, 2.45) is 0 Å². The van der Waals surface area contributed by atoms with E-state index in [1.54, 1.807) is 6.92 Å². The van der Waals surface area contributed by atoms with Crippen LogP contribution in [0.15, 0.2) is 23.1 Å². The number of carbonyl (C=O) groups excluding carboxylic acids is 3. The van der Waals surface area contributed by atoms with Gasteiger partial charge in [-0.2, -0.15) is 0 Å². The van der Waals surface area contributed by atoms with E-state index in [1.165, 1.54) is 19.2 Å². The Morgan fingerprint density at radius 2 is 1.92 bits per heavy atom. The quantitative estimate of drug-likeness (QED) is 0.609. The van der Waals surface area contributed by atoms with Crippen molar-refractivity contribution in [3.05, 3.63) is 28.8 Å². The summed E-state index contributed by atoms with van der Waals surface area (Å²) in [6.45, 7) is 1.26. The minimum Gasteiger partial charge on any atom is -0.452 e. The number of esters is 1. The first kappa shape index (κ1) is 19.9. The molecule has 1 aromatic rings. The maximum atomic E-state index is 11.9. The Labute approximate surface area is 143 Å². The van der Waals surface area contributed by atoms with Crippen LogP contribution in [-0.2, 0) is 19.6 Å². The molecule has 0 atom stereocenters. The second-order valence-corrected chi connectivity index (χ2v) is 6.63. The molecule has 132 valence electrons. The first-order valence-corrected chi connectivity index (χ1v) is 8.55. The lowest BCUT2D eigenvalue weighted by Crippen LogP contribution is -2.41. The molecule has 0 heterocycles. The fraction of sp³-hybridized carbons (Fsp3) is 0.308. The minimum absolute atomic E-state index is 0.0424. The third-order valence-electron chi connectivity index (χ3n) is 2.66. The average molecular weight is 378 g/mol. The van der Waals surface area contributed by atoms with Gasteiger partial charge in [0.25, 0.3) is 5.91 Å². The van der Waals surface area contributed by atoms with Gasteiger partial charge >= 0.3 is 12.0 Å². The monoisotopic (exact) mass is 377 g/mol. The molecule has 0 aromatic heterocycles. The molecule has 0 saturated carbocycles. The second kappa shape index (κ2) is 8.62. The summed E-state index contributed by atoms with van der Waals surface area (Å²) < 4.78 is 30.3. The van der Waals surface area contributed by atoms with Gasteiger partial charge in [0.05, 0.1) is 15.5 Å². The third kappa shape index (κ3) is 5.48. The van der Waals surface area contributed by atoms with Crippen molar-refractivity contribution < 1.29 is 27.5 Å². The summed E-state index contributed by atoms with van der Waals surface area (Å²) in [4.78, 5) is 34.3. The lowest BCUT2D eigenvalue weighted by Gasteiger charge is -2.09. The van der Waals surface area contributed by atoms with Crippen molar-refractivity contribution in [1.82, 2.24) is 15.4 Å². The number of amides is 3. The summed E-state index contributed by atoms with van der Waals surface area (Å²) in [5, 5.41) is 4.23. The first-order chi connectivity index (χ1) is 11.2. The highest BCUT2D eigenvalue weighted by molar-refractivity contribution is 7.89. The van der Waals surface area contributed by atoms with Crippen molar-refractivity contribution in [2.45, 2.75) is 11.8 Å². The van der Waals surface area contributed by atoms with Crippen LogP contribution in [0.25, 0.3) is 0 Å². The van der Waals surface area contributed by atoms with Crippen molar-refractivity contribution >= 4 is 39.5 Å². The number of carbonyl (C=O) groups is 3. The van der Waals surface area contributed by atoms with E-state index in [9.17, 15) is 22.8 Å². The van der Waals surface area contributed by atoms with Gasteiger partial charge in [-0.15, -0.1) is 0 Å². The normalized spacial score (nSPS) is 10.8. The summed E-state index contributed by atoms with van der Waals surface area (Å²) in [6.07, 6.45) is 0. The van der Waals surface area contributed by atoms with Gasteiger partial charge in [0.15, 0.2) is 6.61 Å². The molecule has 1 aromatic carbocycles. The Bertz CT molecular complexity index is 750. The molecule has 3 N–H and O–H groups in total. The number of nitrogens with one attached hydrogen (secondary N) is 3. The molecule has 0 spiro atoms. The summed E-state index contributed by atoms with van der Waals surface area (Å²) in [6, 6.07) is 2.74. The molecule has 9 nitrogen and oxygen atoms in total. The maximum Gasteiger partial charge on any atom is 0.340 e. The van der Waals surface area contributed by atoms with E-state index in [-0.39, 0.29) is 15.5 Å². The van der Waals surface area contributed by atoms with Crippen LogP contribution in [-0.4, -0.2) is 46.5 Å². The number of hydrogen-bond acceptors (Lipinski definition) is 6. The van der Waals surface area contributed by atoms with E-state index in [4.69, 9.17) is 16.3 Å². The van der Waals surface area contributed by atoms with Gasteiger partial charge in [0.2, 0.25) is 10.0 Å². The maximum absolute atomic E-state index is 11.9. The first-order valence-electron chi connectivity index (χ1n) is 6.69. The molecule has 0 fully saturated rings. The number of ether oxygens (including phenoxy) is 1. The molecule has 24 heavy (non-hydrogen) atoms. The molecule has 0 bridgehead atoms. The Kier molecular flexibility index (Phi) is 7.14. The van der Waals surface area contributed by atoms with Gasteiger partial charge in [0.1, 0.15) is 0 Å². The molecule has 0 saturated heterocycles. The summed E-state index contributed by atoms with van der Waals surface area (Å²) in [5.74, 6) is -1.84. The van der Waals surface area contributed by atoms with E-state index in [2.05, 4.69) is 10.0 Å².